The van der Waals surface area contributed by atoms with Crippen LogP contribution in [0.3, 0.4) is 0 Å². The monoisotopic (exact) mass is 353 g/mol. The van der Waals surface area contributed by atoms with Gasteiger partial charge in [-0.25, -0.2) is 0 Å². The van der Waals surface area contributed by atoms with Crippen LogP contribution < -0.4 is 5.73 Å². The zero-order valence-electron chi connectivity index (χ0n) is 15.2. The van der Waals surface area contributed by atoms with Crippen molar-refractivity contribution in [2.75, 3.05) is 7.11 Å². The Bertz CT molecular complexity index is 502. The van der Waals surface area contributed by atoms with Crippen molar-refractivity contribution in [2.45, 2.75) is 112 Å². The van der Waals surface area contributed by atoms with Crippen LogP contribution >= 0.6 is 0 Å². The van der Waals surface area contributed by atoms with Crippen LogP contribution in [0.15, 0.2) is 0 Å². The zero-order chi connectivity index (χ0) is 17.1. The summed E-state index contributed by atoms with van der Waals surface area (Å²) in [6, 6.07) is -0.250. The highest BCUT2D eigenvalue weighted by molar-refractivity contribution is 5.11. The molecule has 25 heavy (non-hydrogen) atoms. The highest BCUT2D eigenvalue weighted by atomic mass is 16.8. The molecular weight excluding hydrogens is 322 g/mol. The third kappa shape index (κ3) is 2.60. The molecular formula is C19H31NO5. The lowest BCUT2D eigenvalue weighted by atomic mass is 9.83. The van der Waals surface area contributed by atoms with Gasteiger partial charge in [-0.2, -0.15) is 0 Å². The van der Waals surface area contributed by atoms with Gasteiger partial charge in [0.2, 0.25) is 0 Å². The predicted octanol–water partition coefficient (Wildman–Crippen LogP) is 2.23. The maximum Gasteiger partial charge on any atom is 0.169 e. The Hall–Kier alpha value is -0.240. The summed E-state index contributed by atoms with van der Waals surface area (Å²) >= 11 is 0. The van der Waals surface area contributed by atoms with Gasteiger partial charge in [0.1, 0.15) is 30.5 Å². The summed E-state index contributed by atoms with van der Waals surface area (Å²) < 4.78 is 31.8. The van der Waals surface area contributed by atoms with Crippen molar-refractivity contribution in [3.63, 3.8) is 0 Å². The van der Waals surface area contributed by atoms with E-state index in [-0.39, 0.29) is 36.6 Å². The first kappa shape index (κ1) is 16.9. The zero-order valence-corrected chi connectivity index (χ0v) is 15.2. The quantitative estimate of drug-likeness (QED) is 0.779. The Balaban J connectivity index is 1.44. The van der Waals surface area contributed by atoms with Gasteiger partial charge in [-0.05, 0) is 25.7 Å². The van der Waals surface area contributed by atoms with E-state index in [9.17, 15) is 0 Å². The Morgan fingerprint density at radius 1 is 0.680 bits per heavy atom. The van der Waals surface area contributed by atoms with Crippen LogP contribution in [0.4, 0.5) is 0 Å². The molecule has 2 N–H and O–H groups in total. The van der Waals surface area contributed by atoms with Crippen molar-refractivity contribution in [1.29, 1.82) is 0 Å². The fraction of sp³-hybridized carbons (Fsp3) is 1.00. The van der Waals surface area contributed by atoms with Crippen LogP contribution in [-0.4, -0.2) is 55.2 Å². The van der Waals surface area contributed by atoms with Gasteiger partial charge in [-0.3, -0.25) is 0 Å². The molecule has 2 aliphatic heterocycles. The van der Waals surface area contributed by atoms with Gasteiger partial charge in [0.15, 0.2) is 11.6 Å². The summed E-state index contributed by atoms with van der Waals surface area (Å²) in [6.45, 7) is 0. The van der Waals surface area contributed by atoms with Gasteiger partial charge >= 0.3 is 0 Å². The molecule has 2 spiro atoms. The number of hydrogen-bond donors (Lipinski definition) is 1. The molecule has 5 aliphatic rings. The summed E-state index contributed by atoms with van der Waals surface area (Å²) in [5, 5.41) is 0. The normalized spacial score (nSPS) is 47.8. The average molecular weight is 353 g/mol. The molecule has 0 aromatic carbocycles. The molecule has 0 unspecified atom stereocenters. The minimum absolute atomic E-state index is 0.144. The van der Waals surface area contributed by atoms with E-state index < -0.39 is 11.6 Å². The molecule has 6 nitrogen and oxygen atoms in total. The summed E-state index contributed by atoms with van der Waals surface area (Å²) in [6.07, 6.45) is 10.1. The van der Waals surface area contributed by atoms with E-state index >= 15 is 0 Å². The van der Waals surface area contributed by atoms with E-state index in [1.807, 2.05) is 0 Å². The molecule has 0 radical (unpaired) electrons. The Morgan fingerprint density at radius 3 is 1.64 bits per heavy atom. The minimum Gasteiger partial charge on any atom is -0.377 e. The second kappa shape index (κ2) is 6.14. The molecule has 5 rings (SSSR count). The molecule has 3 aliphatic carbocycles. The summed E-state index contributed by atoms with van der Waals surface area (Å²) in [4.78, 5) is 0. The van der Waals surface area contributed by atoms with Crippen molar-refractivity contribution in [1.82, 2.24) is 0 Å². The second-order valence-electron chi connectivity index (χ2n) is 8.55. The smallest absolute Gasteiger partial charge is 0.169 e. The number of ether oxygens (including phenoxy) is 5. The minimum atomic E-state index is -0.468. The standard InChI is InChI=1S/C19H31NO5/c1-21-13-12(20)14-16(24-18(22-14)8-4-2-5-9-18)17-15(13)23-19(25-17)10-6-3-7-11-19/h12-17H,2-11,20H2,1H3/t12-,13-,14-,15+,16-,17-/m1/s1. The van der Waals surface area contributed by atoms with Crippen LogP contribution in [0, 0.1) is 0 Å². The number of rotatable bonds is 1. The van der Waals surface area contributed by atoms with Crippen molar-refractivity contribution in [3.05, 3.63) is 0 Å². The van der Waals surface area contributed by atoms with Crippen LogP contribution in [0.5, 0.6) is 0 Å². The molecule has 0 aromatic rings. The van der Waals surface area contributed by atoms with Crippen molar-refractivity contribution in [2.24, 2.45) is 5.73 Å². The molecule has 6 atom stereocenters. The predicted molar refractivity (Wildman–Crippen MR) is 89.9 cm³/mol. The maximum absolute atomic E-state index is 6.57. The lowest BCUT2D eigenvalue weighted by Gasteiger charge is -2.40. The summed E-state index contributed by atoms with van der Waals surface area (Å²) in [5.41, 5.74) is 6.57. The third-order valence-electron chi connectivity index (χ3n) is 6.96. The van der Waals surface area contributed by atoms with Gasteiger partial charge < -0.3 is 29.4 Å². The number of nitrogens with two attached hydrogens (primary N) is 1. The van der Waals surface area contributed by atoms with E-state index in [0.29, 0.717) is 0 Å². The first-order chi connectivity index (χ1) is 12.2. The van der Waals surface area contributed by atoms with E-state index in [4.69, 9.17) is 29.4 Å². The Kier molecular flexibility index (Phi) is 4.15. The summed E-state index contributed by atoms with van der Waals surface area (Å²) in [5.74, 6) is -0.936. The first-order valence-corrected chi connectivity index (χ1v) is 10.2. The fourth-order valence-corrected chi connectivity index (χ4v) is 5.72. The highest BCUT2D eigenvalue weighted by Crippen LogP contribution is 2.51. The highest BCUT2D eigenvalue weighted by Gasteiger charge is 2.65. The van der Waals surface area contributed by atoms with Crippen LogP contribution in [0.2, 0.25) is 0 Å². The lowest BCUT2D eigenvalue weighted by molar-refractivity contribution is -0.221. The molecule has 0 bridgehead atoms. The maximum atomic E-state index is 6.57. The van der Waals surface area contributed by atoms with Crippen molar-refractivity contribution in [3.8, 4) is 0 Å². The number of fused-ring (bicyclic) bond motifs is 3. The molecule has 2 saturated heterocycles. The van der Waals surface area contributed by atoms with Gasteiger partial charge in [-0.1, -0.05) is 12.8 Å². The van der Waals surface area contributed by atoms with Gasteiger partial charge in [0, 0.05) is 32.8 Å². The molecule has 6 heteroatoms. The fourth-order valence-electron chi connectivity index (χ4n) is 5.72. The summed E-state index contributed by atoms with van der Waals surface area (Å²) in [7, 11) is 1.71. The average Bonchev–Trinajstić information content (AvgIpc) is 3.16. The molecule has 3 saturated carbocycles. The van der Waals surface area contributed by atoms with E-state index in [0.717, 1.165) is 51.4 Å². The Labute approximate surface area is 149 Å². The number of hydrogen-bond acceptors (Lipinski definition) is 6. The van der Waals surface area contributed by atoms with E-state index in [2.05, 4.69) is 0 Å². The molecule has 2 heterocycles. The van der Waals surface area contributed by atoms with Crippen molar-refractivity contribution >= 4 is 0 Å². The van der Waals surface area contributed by atoms with Gasteiger partial charge in [0.25, 0.3) is 0 Å². The topological polar surface area (TPSA) is 72.2 Å². The van der Waals surface area contributed by atoms with Crippen LogP contribution in [0.25, 0.3) is 0 Å². The second-order valence-corrected chi connectivity index (χ2v) is 8.55. The third-order valence-corrected chi connectivity index (χ3v) is 6.96. The number of methoxy groups -OCH3 is 1. The van der Waals surface area contributed by atoms with Gasteiger partial charge in [0.05, 0.1) is 6.04 Å². The van der Waals surface area contributed by atoms with Crippen molar-refractivity contribution < 1.29 is 23.7 Å². The van der Waals surface area contributed by atoms with Crippen LogP contribution in [-0.2, 0) is 23.7 Å². The Morgan fingerprint density at radius 2 is 1.12 bits per heavy atom. The molecule has 0 aromatic heterocycles. The molecule has 0 amide bonds. The van der Waals surface area contributed by atoms with Crippen LogP contribution in [0.1, 0.15) is 64.2 Å². The lowest BCUT2D eigenvalue weighted by Crippen LogP contribution is -2.65. The molecule has 142 valence electrons. The van der Waals surface area contributed by atoms with E-state index in [1.54, 1.807) is 7.11 Å². The largest absolute Gasteiger partial charge is 0.377 e. The van der Waals surface area contributed by atoms with Gasteiger partial charge in [-0.15, -0.1) is 0 Å². The molecule has 5 fully saturated rings. The first-order valence-electron chi connectivity index (χ1n) is 10.2. The van der Waals surface area contributed by atoms with E-state index in [1.165, 1.54) is 12.8 Å². The SMILES string of the molecule is CO[C@@H]1[C@@H](N)[C@H]2OC3(CCCCC3)O[C@H]2[C@@H]2OC3(CCCCC3)O[C@H]21.